The molecule has 0 saturated carbocycles. The standard InChI is InChI=1S/C10H8O3S/c1-2-13-10(12)4-3-8-5-9(6-11)14-7-8/h5-7H,2H2,1H3. The van der Waals surface area contributed by atoms with Crippen molar-refractivity contribution in [2.24, 2.45) is 0 Å². The number of aldehydes is 1. The van der Waals surface area contributed by atoms with Crippen LogP contribution in [0.3, 0.4) is 0 Å². The van der Waals surface area contributed by atoms with Gasteiger partial charge in [-0.15, -0.1) is 11.3 Å². The van der Waals surface area contributed by atoms with Gasteiger partial charge in [0.2, 0.25) is 0 Å². The summed E-state index contributed by atoms with van der Waals surface area (Å²) >= 11 is 1.29. The molecule has 1 rings (SSSR count). The van der Waals surface area contributed by atoms with Crippen LogP contribution in [-0.2, 0) is 9.53 Å². The molecule has 0 radical (unpaired) electrons. The molecule has 0 saturated heterocycles. The maximum atomic E-state index is 10.8. The van der Waals surface area contributed by atoms with E-state index < -0.39 is 5.97 Å². The highest BCUT2D eigenvalue weighted by molar-refractivity contribution is 7.11. The first-order chi connectivity index (χ1) is 6.76. The summed E-state index contributed by atoms with van der Waals surface area (Å²) in [5.41, 5.74) is 0.658. The van der Waals surface area contributed by atoms with E-state index in [-0.39, 0.29) is 0 Å². The van der Waals surface area contributed by atoms with E-state index in [4.69, 9.17) is 0 Å². The van der Waals surface area contributed by atoms with Crippen molar-refractivity contribution in [1.82, 2.24) is 0 Å². The molecule has 0 spiro atoms. The molecule has 0 unspecified atom stereocenters. The first kappa shape index (κ1) is 10.5. The predicted octanol–water partition coefficient (Wildman–Crippen LogP) is 1.48. The minimum absolute atomic E-state index is 0.316. The molecule has 0 fully saturated rings. The number of carbonyl (C=O) groups is 2. The lowest BCUT2D eigenvalue weighted by molar-refractivity contribution is -0.136. The summed E-state index contributed by atoms with van der Waals surface area (Å²) < 4.78 is 4.62. The van der Waals surface area contributed by atoms with Gasteiger partial charge in [-0.3, -0.25) is 4.79 Å². The number of hydrogen-bond acceptors (Lipinski definition) is 4. The highest BCUT2D eigenvalue weighted by Gasteiger charge is 1.96. The van der Waals surface area contributed by atoms with Gasteiger partial charge in [-0.05, 0) is 13.0 Å². The zero-order valence-electron chi connectivity index (χ0n) is 7.57. The Morgan fingerprint density at radius 3 is 3.07 bits per heavy atom. The minimum Gasteiger partial charge on any atom is -0.456 e. The number of ether oxygens (including phenoxy) is 1. The highest BCUT2D eigenvalue weighted by atomic mass is 32.1. The second kappa shape index (κ2) is 5.20. The Bertz CT molecular complexity index is 395. The quantitative estimate of drug-likeness (QED) is 0.420. The van der Waals surface area contributed by atoms with Crippen molar-refractivity contribution in [3.63, 3.8) is 0 Å². The molecule has 0 bridgehead atoms. The molecular formula is C10H8O3S. The molecule has 1 aromatic rings. The van der Waals surface area contributed by atoms with Gasteiger partial charge in [0.05, 0.1) is 11.5 Å². The molecule has 1 heterocycles. The summed E-state index contributed by atoms with van der Waals surface area (Å²) in [4.78, 5) is 21.8. The van der Waals surface area contributed by atoms with Gasteiger partial charge in [-0.2, -0.15) is 0 Å². The largest absolute Gasteiger partial charge is 0.456 e. The number of thiophene rings is 1. The number of esters is 1. The van der Waals surface area contributed by atoms with E-state index in [9.17, 15) is 9.59 Å². The lowest BCUT2D eigenvalue weighted by atomic mass is 10.3. The second-order valence-electron chi connectivity index (χ2n) is 2.33. The molecule has 3 nitrogen and oxygen atoms in total. The molecular weight excluding hydrogens is 200 g/mol. The first-order valence-electron chi connectivity index (χ1n) is 3.98. The Kier molecular flexibility index (Phi) is 3.89. The fourth-order valence-electron chi connectivity index (χ4n) is 0.771. The third kappa shape index (κ3) is 3.04. The van der Waals surface area contributed by atoms with E-state index in [1.54, 1.807) is 18.4 Å². The number of rotatable bonds is 2. The maximum absolute atomic E-state index is 10.8. The smallest absolute Gasteiger partial charge is 0.384 e. The van der Waals surface area contributed by atoms with Crippen molar-refractivity contribution in [2.45, 2.75) is 6.92 Å². The van der Waals surface area contributed by atoms with Crippen molar-refractivity contribution in [3.05, 3.63) is 21.9 Å². The van der Waals surface area contributed by atoms with Gasteiger partial charge in [0.1, 0.15) is 0 Å². The molecule has 4 heteroatoms. The Labute approximate surface area is 85.7 Å². The van der Waals surface area contributed by atoms with E-state index >= 15 is 0 Å². The number of carbonyl (C=O) groups excluding carboxylic acids is 2. The summed E-state index contributed by atoms with van der Waals surface area (Å²) in [6.45, 7) is 2.03. The van der Waals surface area contributed by atoms with E-state index in [1.807, 2.05) is 0 Å². The third-order valence-electron chi connectivity index (χ3n) is 1.32. The van der Waals surface area contributed by atoms with Gasteiger partial charge >= 0.3 is 5.97 Å². The summed E-state index contributed by atoms with van der Waals surface area (Å²) in [5.74, 6) is 4.38. The Morgan fingerprint density at radius 2 is 2.50 bits per heavy atom. The SMILES string of the molecule is CCOC(=O)C#Cc1csc(C=O)c1. The molecule has 0 aliphatic heterocycles. The normalized spacial score (nSPS) is 8.64. The molecule has 0 aliphatic carbocycles. The first-order valence-corrected chi connectivity index (χ1v) is 4.86. The minimum atomic E-state index is -0.550. The van der Waals surface area contributed by atoms with Crippen LogP contribution in [0.5, 0.6) is 0 Å². The maximum Gasteiger partial charge on any atom is 0.384 e. The van der Waals surface area contributed by atoms with Gasteiger partial charge in [0.25, 0.3) is 0 Å². The van der Waals surface area contributed by atoms with Crippen LogP contribution in [0.1, 0.15) is 22.2 Å². The lowest BCUT2D eigenvalue weighted by Crippen LogP contribution is -1.99. The van der Waals surface area contributed by atoms with Crippen molar-refractivity contribution >= 4 is 23.6 Å². The zero-order valence-corrected chi connectivity index (χ0v) is 8.39. The fourth-order valence-corrected chi connectivity index (χ4v) is 1.41. The molecule has 0 amide bonds. The van der Waals surface area contributed by atoms with Gasteiger partial charge in [-0.25, -0.2) is 4.79 Å². The van der Waals surface area contributed by atoms with Crippen LogP contribution in [0.2, 0.25) is 0 Å². The van der Waals surface area contributed by atoms with E-state index in [1.165, 1.54) is 11.3 Å². The molecule has 72 valence electrons. The average molecular weight is 208 g/mol. The summed E-state index contributed by atoms with van der Waals surface area (Å²) in [7, 11) is 0. The van der Waals surface area contributed by atoms with Crippen molar-refractivity contribution in [2.75, 3.05) is 6.61 Å². The molecule has 0 aliphatic rings. The van der Waals surface area contributed by atoms with Crippen molar-refractivity contribution in [3.8, 4) is 11.8 Å². The van der Waals surface area contributed by atoms with Crippen LogP contribution >= 0.6 is 11.3 Å². The monoisotopic (exact) mass is 208 g/mol. The second-order valence-corrected chi connectivity index (χ2v) is 3.27. The molecule has 0 aromatic carbocycles. The van der Waals surface area contributed by atoms with Gasteiger partial charge < -0.3 is 4.74 Å². The topological polar surface area (TPSA) is 43.4 Å². The zero-order chi connectivity index (χ0) is 10.4. The van der Waals surface area contributed by atoms with Crippen LogP contribution in [0, 0.1) is 11.8 Å². The summed E-state index contributed by atoms with van der Waals surface area (Å²) in [6, 6.07) is 1.63. The van der Waals surface area contributed by atoms with Gasteiger partial charge in [0.15, 0.2) is 6.29 Å². The van der Waals surface area contributed by atoms with Crippen molar-refractivity contribution < 1.29 is 14.3 Å². The Balaban J connectivity index is 2.67. The number of hydrogen-bond donors (Lipinski definition) is 0. The van der Waals surface area contributed by atoms with Gasteiger partial charge in [-0.1, -0.05) is 5.92 Å². The molecule has 0 N–H and O–H groups in total. The van der Waals surface area contributed by atoms with Crippen LogP contribution in [-0.4, -0.2) is 18.9 Å². The molecule has 14 heavy (non-hydrogen) atoms. The van der Waals surface area contributed by atoms with E-state index in [2.05, 4.69) is 16.6 Å². The van der Waals surface area contributed by atoms with Crippen LogP contribution in [0.15, 0.2) is 11.4 Å². The lowest BCUT2D eigenvalue weighted by Gasteiger charge is -1.89. The van der Waals surface area contributed by atoms with Crippen LogP contribution in [0.4, 0.5) is 0 Å². The average Bonchev–Trinajstić information content (AvgIpc) is 2.63. The fraction of sp³-hybridized carbons (Fsp3) is 0.200. The third-order valence-corrected chi connectivity index (χ3v) is 2.18. The van der Waals surface area contributed by atoms with Crippen LogP contribution < -0.4 is 0 Å². The Hall–Kier alpha value is -1.60. The van der Waals surface area contributed by atoms with Gasteiger partial charge in [0, 0.05) is 16.9 Å². The molecule has 1 aromatic heterocycles. The Morgan fingerprint density at radius 1 is 1.71 bits per heavy atom. The highest BCUT2D eigenvalue weighted by Crippen LogP contribution is 2.10. The van der Waals surface area contributed by atoms with E-state index in [0.717, 1.165) is 6.29 Å². The van der Waals surface area contributed by atoms with E-state index in [0.29, 0.717) is 17.0 Å². The van der Waals surface area contributed by atoms with Crippen molar-refractivity contribution in [1.29, 1.82) is 0 Å². The van der Waals surface area contributed by atoms with Crippen LogP contribution in [0.25, 0.3) is 0 Å². The predicted molar refractivity (Wildman–Crippen MR) is 53.2 cm³/mol. The summed E-state index contributed by atoms with van der Waals surface area (Å²) in [5, 5.41) is 1.72. The summed E-state index contributed by atoms with van der Waals surface area (Å²) in [6.07, 6.45) is 0.750. The molecule has 0 atom stereocenters.